The van der Waals surface area contributed by atoms with Crippen molar-refractivity contribution in [3.63, 3.8) is 0 Å². The van der Waals surface area contributed by atoms with Gasteiger partial charge in [-0.2, -0.15) is 0 Å². The minimum absolute atomic E-state index is 0.0793. The second kappa shape index (κ2) is 11.3. The first-order valence-electron chi connectivity index (χ1n) is 10.2. The van der Waals surface area contributed by atoms with Crippen LogP contribution in [0.5, 0.6) is 0 Å². The Kier molecular flexibility index (Phi) is 7.92. The van der Waals surface area contributed by atoms with Gasteiger partial charge in [0, 0.05) is 19.2 Å². The maximum atomic E-state index is 12.7. The molecule has 0 saturated heterocycles. The van der Waals surface area contributed by atoms with Crippen molar-refractivity contribution in [3.05, 3.63) is 107 Å². The fourth-order valence-electron chi connectivity index (χ4n) is 3.01. The number of anilines is 1. The molecule has 0 aliphatic rings. The number of benzene rings is 3. The van der Waals surface area contributed by atoms with Crippen LogP contribution >= 0.6 is 0 Å². The van der Waals surface area contributed by atoms with Crippen molar-refractivity contribution in [1.29, 1.82) is 0 Å². The largest absolute Gasteiger partial charge is 0.352 e. The van der Waals surface area contributed by atoms with Crippen LogP contribution in [0.25, 0.3) is 6.08 Å². The van der Waals surface area contributed by atoms with Crippen LogP contribution in [0.2, 0.25) is 0 Å². The summed E-state index contributed by atoms with van der Waals surface area (Å²) in [5.74, 6) is -0.846. The quantitative estimate of drug-likeness (QED) is 0.480. The fraction of sp³-hybridized carbons (Fsp3) is 0.115. The lowest BCUT2D eigenvalue weighted by Gasteiger charge is -2.11. The average Bonchev–Trinajstić information content (AvgIpc) is 2.80. The summed E-state index contributed by atoms with van der Waals surface area (Å²) >= 11 is 0. The van der Waals surface area contributed by atoms with Crippen molar-refractivity contribution >= 4 is 29.5 Å². The topological polar surface area (TPSA) is 87.3 Å². The summed E-state index contributed by atoms with van der Waals surface area (Å²) < 4.78 is 0. The molecule has 0 aliphatic carbocycles. The number of amides is 3. The Bertz CT molecular complexity index is 1090. The van der Waals surface area contributed by atoms with Gasteiger partial charge in [-0.25, -0.2) is 0 Å². The molecule has 32 heavy (non-hydrogen) atoms. The van der Waals surface area contributed by atoms with E-state index in [1.165, 1.54) is 6.92 Å². The van der Waals surface area contributed by atoms with Crippen molar-refractivity contribution < 1.29 is 14.4 Å². The molecule has 0 aliphatic heterocycles. The van der Waals surface area contributed by atoms with Crippen LogP contribution in [0.4, 0.5) is 5.69 Å². The van der Waals surface area contributed by atoms with Crippen molar-refractivity contribution in [2.75, 3.05) is 5.32 Å². The van der Waals surface area contributed by atoms with Gasteiger partial charge < -0.3 is 16.0 Å². The summed E-state index contributed by atoms with van der Waals surface area (Å²) in [6.07, 6.45) is 1.86. The van der Waals surface area contributed by atoms with Crippen LogP contribution in [0.1, 0.15) is 23.6 Å². The first-order valence-corrected chi connectivity index (χ1v) is 10.2. The molecule has 0 heterocycles. The number of hydrogen-bond donors (Lipinski definition) is 3. The summed E-state index contributed by atoms with van der Waals surface area (Å²) in [6.45, 7) is 1.83. The summed E-state index contributed by atoms with van der Waals surface area (Å²) in [7, 11) is 0. The van der Waals surface area contributed by atoms with E-state index in [1.54, 1.807) is 30.3 Å². The first kappa shape index (κ1) is 22.5. The molecular formula is C26H25N3O3. The third kappa shape index (κ3) is 7.25. The molecular weight excluding hydrogens is 402 g/mol. The van der Waals surface area contributed by atoms with E-state index in [0.717, 1.165) is 16.7 Å². The van der Waals surface area contributed by atoms with E-state index in [0.29, 0.717) is 12.2 Å². The molecule has 0 atom stereocenters. The van der Waals surface area contributed by atoms with Crippen LogP contribution in [-0.4, -0.2) is 17.7 Å². The highest BCUT2D eigenvalue weighted by Crippen LogP contribution is 2.13. The number of carbonyl (C=O) groups is 3. The van der Waals surface area contributed by atoms with Gasteiger partial charge >= 0.3 is 0 Å². The normalized spacial score (nSPS) is 10.8. The maximum Gasteiger partial charge on any atom is 0.272 e. The van der Waals surface area contributed by atoms with Gasteiger partial charge in [0.1, 0.15) is 5.70 Å². The van der Waals surface area contributed by atoms with E-state index in [9.17, 15) is 14.4 Å². The molecule has 0 saturated carbocycles. The lowest BCUT2D eigenvalue weighted by atomic mass is 10.1. The summed E-state index contributed by atoms with van der Waals surface area (Å²) in [4.78, 5) is 36.4. The fourth-order valence-corrected chi connectivity index (χ4v) is 3.01. The molecule has 162 valence electrons. The number of carbonyl (C=O) groups excluding carboxylic acids is 3. The van der Waals surface area contributed by atoms with E-state index in [-0.39, 0.29) is 23.9 Å². The Morgan fingerprint density at radius 3 is 2.03 bits per heavy atom. The molecule has 3 aromatic carbocycles. The first-order chi connectivity index (χ1) is 15.5. The molecule has 0 radical (unpaired) electrons. The van der Waals surface area contributed by atoms with Gasteiger partial charge in [-0.3, -0.25) is 14.4 Å². The standard InChI is InChI=1S/C26H25N3O3/c1-19(30)28-24(16-20-8-4-2-5-9-20)26(32)29-23-14-12-21(13-15-23)17-25(31)27-18-22-10-6-3-7-11-22/h2-16H,17-18H2,1H3,(H,27,31)(H,28,30)(H,29,32)/b24-16-. The third-order valence-electron chi connectivity index (χ3n) is 4.57. The minimum Gasteiger partial charge on any atom is -0.352 e. The molecule has 6 nitrogen and oxygen atoms in total. The summed E-state index contributed by atoms with van der Waals surface area (Å²) in [5.41, 5.74) is 3.37. The predicted molar refractivity (Wildman–Crippen MR) is 125 cm³/mol. The van der Waals surface area contributed by atoms with Crippen LogP contribution in [0.3, 0.4) is 0 Å². The average molecular weight is 428 g/mol. The van der Waals surface area contributed by atoms with Crippen molar-refractivity contribution in [2.45, 2.75) is 19.9 Å². The summed E-state index contributed by atoms with van der Waals surface area (Å²) in [5, 5.41) is 8.24. The van der Waals surface area contributed by atoms with E-state index in [4.69, 9.17) is 0 Å². The van der Waals surface area contributed by atoms with Crippen molar-refractivity contribution in [2.24, 2.45) is 0 Å². The number of rotatable bonds is 8. The minimum atomic E-state index is -0.433. The van der Waals surface area contributed by atoms with Gasteiger partial charge in [0.05, 0.1) is 6.42 Å². The Balaban J connectivity index is 1.58. The van der Waals surface area contributed by atoms with Gasteiger partial charge in [0.15, 0.2) is 0 Å². The third-order valence-corrected chi connectivity index (χ3v) is 4.57. The highest BCUT2D eigenvalue weighted by atomic mass is 16.2. The Hall–Kier alpha value is -4.19. The van der Waals surface area contributed by atoms with Crippen molar-refractivity contribution in [3.8, 4) is 0 Å². The van der Waals surface area contributed by atoms with E-state index in [2.05, 4.69) is 16.0 Å². The SMILES string of the molecule is CC(=O)N/C(=C\c1ccccc1)C(=O)Nc1ccc(CC(=O)NCc2ccccc2)cc1. The molecule has 0 unspecified atom stereocenters. The van der Waals surface area contributed by atoms with E-state index in [1.807, 2.05) is 60.7 Å². The molecule has 3 N–H and O–H groups in total. The van der Waals surface area contributed by atoms with Crippen LogP contribution in [0, 0.1) is 0 Å². The lowest BCUT2D eigenvalue weighted by molar-refractivity contribution is -0.121. The number of nitrogens with one attached hydrogen (secondary N) is 3. The molecule has 3 amide bonds. The van der Waals surface area contributed by atoms with Crippen LogP contribution in [-0.2, 0) is 27.3 Å². The van der Waals surface area contributed by atoms with Gasteiger partial charge in [-0.1, -0.05) is 72.8 Å². The van der Waals surface area contributed by atoms with Gasteiger partial charge in [0.2, 0.25) is 11.8 Å². The van der Waals surface area contributed by atoms with E-state index >= 15 is 0 Å². The highest BCUT2D eigenvalue weighted by Gasteiger charge is 2.12. The zero-order chi connectivity index (χ0) is 22.8. The monoisotopic (exact) mass is 427 g/mol. The molecule has 0 fully saturated rings. The molecule has 0 spiro atoms. The summed E-state index contributed by atoms with van der Waals surface area (Å²) in [6, 6.07) is 26.0. The Morgan fingerprint density at radius 2 is 1.41 bits per heavy atom. The van der Waals surface area contributed by atoms with Crippen LogP contribution in [0.15, 0.2) is 90.6 Å². The van der Waals surface area contributed by atoms with Gasteiger partial charge in [-0.05, 0) is 34.9 Å². The van der Waals surface area contributed by atoms with E-state index < -0.39 is 5.91 Å². The molecule has 0 bridgehead atoms. The Labute approximate surface area is 187 Å². The zero-order valence-corrected chi connectivity index (χ0v) is 17.8. The zero-order valence-electron chi connectivity index (χ0n) is 17.8. The molecule has 3 aromatic rings. The van der Waals surface area contributed by atoms with Gasteiger partial charge in [-0.15, -0.1) is 0 Å². The van der Waals surface area contributed by atoms with Crippen molar-refractivity contribution in [1.82, 2.24) is 10.6 Å². The molecule has 0 aromatic heterocycles. The number of hydrogen-bond acceptors (Lipinski definition) is 3. The second-order valence-corrected chi connectivity index (χ2v) is 7.24. The lowest BCUT2D eigenvalue weighted by Crippen LogP contribution is -2.29. The highest BCUT2D eigenvalue weighted by molar-refractivity contribution is 6.08. The Morgan fingerprint density at radius 1 is 0.781 bits per heavy atom. The second-order valence-electron chi connectivity index (χ2n) is 7.24. The maximum absolute atomic E-state index is 12.7. The van der Waals surface area contributed by atoms with Gasteiger partial charge in [0.25, 0.3) is 5.91 Å². The predicted octanol–water partition coefficient (Wildman–Crippen LogP) is 3.66. The smallest absolute Gasteiger partial charge is 0.272 e. The molecule has 3 rings (SSSR count). The van der Waals surface area contributed by atoms with Crippen LogP contribution < -0.4 is 16.0 Å². The molecule has 6 heteroatoms.